The molecule has 2 rings (SSSR count). The fraction of sp³-hybridized carbons (Fsp3) is 1.00. The van der Waals surface area contributed by atoms with Gasteiger partial charge in [0, 0.05) is 18.6 Å². The van der Waals surface area contributed by atoms with Gasteiger partial charge in [-0.1, -0.05) is 27.2 Å². The van der Waals surface area contributed by atoms with E-state index in [1.54, 1.807) is 0 Å². The van der Waals surface area contributed by atoms with Gasteiger partial charge < -0.3 is 5.32 Å². The average molecular weight is 252 g/mol. The van der Waals surface area contributed by atoms with E-state index in [9.17, 15) is 0 Å². The van der Waals surface area contributed by atoms with Gasteiger partial charge in [-0.15, -0.1) is 0 Å². The van der Waals surface area contributed by atoms with Crippen molar-refractivity contribution >= 4 is 0 Å². The third-order valence-corrected chi connectivity index (χ3v) is 5.01. The van der Waals surface area contributed by atoms with Gasteiger partial charge in [0.1, 0.15) is 0 Å². The van der Waals surface area contributed by atoms with Gasteiger partial charge in [-0.2, -0.15) is 0 Å². The smallest absolute Gasteiger partial charge is 0.0195 e. The van der Waals surface area contributed by atoms with Crippen molar-refractivity contribution in [3.63, 3.8) is 0 Å². The van der Waals surface area contributed by atoms with Gasteiger partial charge in [-0.05, 0) is 57.0 Å². The molecule has 1 saturated heterocycles. The van der Waals surface area contributed by atoms with Crippen LogP contribution < -0.4 is 5.32 Å². The standard InChI is InChI=1S/C16H32N2/c1-4-10-18(12-15-6-5-9-17-15)16-11-13(2)7-8-14(16)3/h13-17H,4-12H2,1-3H3. The van der Waals surface area contributed by atoms with Crippen LogP contribution in [0.2, 0.25) is 0 Å². The maximum absolute atomic E-state index is 3.67. The van der Waals surface area contributed by atoms with E-state index in [1.165, 1.54) is 58.2 Å². The Morgan fingerprint density at radius 1 is 1.17 bits per heavy atom. The van der Waals surface area contributed by atoms with E-state index in [1.807, 2.05) is 0 Å². The molecule has 1 N–H and O–H groups in total. The summed E-state index contributed by atoms with van der Waals surface area (Å²) in [5, 5.41) is 3.67. The van der Waals surface area contributed by atoms with Crippen LogP contribution in [0.5, 0.6) is 0 Å². The maximum Gasteiger partial charge on any atom is 0.0195 e. The van der Waals surface area contributed by atoms with Crippen LogP contribution >= 0.6 is 0 Å². The van der Waals surface area contributed by atoms with E-state index in [2.05, 4.69) is 31.0 Å². The molecule has 2 heteroatoms. The predicted molar refractivity (Wildman–Crippen MR) is 78.9 cm³/mol. The van der Waals surface area contributed by atoms with Crippen LogP contribution in [0.4, 0.5) is 0 Å². The second-order valence-electron chi connectivity index (χ2n) is 6.75. The van der Waals surface area contributed by atoms with Crippen LogP contribution in [0, 0.1) is 11.8 Å². The quantitative estimate of drug-likeness (QED) is 0.808. The fourth-order valence-corrected chi connectivity index (χ4v) is 3.89. The van der Waals surface area contributed by atoms with Crippen LogP contribution in [0.15, 0.2) is 0 Å². The summed E-state index contributed by atoms with van der Waals surface area (Å²) in [5.74, 6) is 1.83. The van der Waals surface area contributed by atoms with Gasteiger partial charge in [0.25, 0.3) is 0 Å². The van der Waals surface area contributed by atoms with Gasteiger partial charge in [0.2, 0.25) is 0 Å². The van der Waals surface area contributed by atoms with Crippen molar-refractivity contribution in [1.82, 2.24) is 10.2 Å². The predicted octanol–water partition coefficient (Wildman–Crippen LogP) is 3.28. The van der Waals surface area contributed by atoms with Gasteiger partial charge in [0.15, 0.2) is 0 Å². The molecule has 2 fully saturated rings. The normalized spacial score (nSPS) is 37.3. The number of nitrogens with one attached hydrogen (secondary N) is 1. The summed E-state index contributed by atoms with van der Waals surface area (Å²) < 4.78 is 0. The number of hydrogen-bond acceptors (Lipinski definition) is 2. The van der Waals surface area contributed by atoms with E-state index in [-0.39, 0.29) is 0 Å². The lowest BCUT2D eigenvalue weighted by Gasteiger charge is -2.42. The first-order valence-corrected chi connectivity index (χ1v) is 8.18. The summed E-state index contributed by atoms with van der Waals surface area (Å²) in [4.78, 5) is 2.81. The van der Waals surface area contributed by atoms with Crippen molar-refractivity contribution in [2.75, 3.05) is 19.6 Å². The molecule has 4 atom stereocenters. The molecule has 2 aliphatic rings. The Morgan fingerprint density at radius 2 is 2.00 bits per heavy atom. The molecule has 18 heavy (non-hydrogen) atoms. The van der Waals surface area contributed by atoms with Crippen molar-refractivity contribution in [1.29, 1.82) is 0 Å². The van der Waals surface area contributed by atoms with Crippen LogP contribution in [0.25, 0.3) is 0 Å². The number of nitrogens with zero attached hydrogens (tertiary/aromatic N) is 1. The summed E-state index contributed by atoms with van der Waals surface area (Å²) in [5.41, 5.74) is 0. The van der Waals surface area contributed by atoms with Gasteiger partial charge >= 0.3 is 0 Å². The SMILES string of the molecule is CCCN(CC1CCCN1)C1CC(C)CCC1C. The van der Waals surface area contributed by atoms with E-state index in [0.29, 0.717) is 0 Å². The molecule has 1 aliphatic heterocycles. The molecular weight excluding hydrogens is 220 g/mol. The minimum Gasteiger partial charge on any atom is -0.313 e. The monoisotopic (exact) mass is 252 g/mol. The Balaban J connectivity index is 1.93. The van der Waals surface area contributed by atoms with Gasteiger partial charge in [-0.25, -0.2) is 0 Å². The highest BCUT2D eigenvalue weighted by molar-refractivity contribution is 4.87. The van der Waals surface area contributed by atoms with Crippen molar-refractivity contribution in [2.45, 2.75) is 71.4 Å². The second kappa shape index (κ2) is 6.91. The van der Waals surface area contributed by atoms with E-state index >= 15 is 0 Å². The lowest BCUT2D eigenvalue weighted by molar-refractivity contribution is 0.0830. The summed E-state index contributed by atoms with van der Waals surface area (Å²) in [6.45, 7) is 11.1. The van der Waals surface area contributed by atoms with E-state index in [0.717, 1.165) is 23.9 Å². The van der Waals surface area contributed by atoms with Crippen LogP contribution in [-0.2, 0) is 0 Å². The molecule has 1 heterocycles. The van der Waals surface area contributed by atoms with Crippen molar-refractivity contribution in [3.05, 3.63) is 0 Å². The molecule has 0 radical (unpaired) electrons. The topological polar surface area (TPSA) is 15.3 Å². The molecule has 0 aromatic rings. The minimum atomic E-state index is 0.765. The molecule has 0 aromatic carbocycles. The van der Waals surface area contributed by atoms with Crippen LogP contribution in [0.3, 0.4) is 0 Å². The summed E-state index contributed by atoms with van der Waals surface area (Å²) in [7, 11) is 0. The Labute approximate surface area is 114 Å². The third-order valence-electron chi connectivity index (χ3n) is 5.01. The number of hydrogen-bond donors (Lipinski definition) is 1. The molecule has 0 spiro atoms. The Hall–Kier alpha value is -0.0800. The van der Waals surface area contributed by atoms with Gasteiger partial charge in [-0.3, -0.25) is 4.90 Å². The van der Waals surface area contributed by atoms with Crippen LogP contribution in [-0.4, -0.2) is 36.6 Å². The highest BCUT2D eigenvalue weighted by Crippen LogP contribution is 2.32. The lowest BCUT2D eigenvalue weighted by atomic mass is 9.79. The van der Waals surface area contributed by atoms with Crippen molar-refractivity contribution < 1.29 is 0 Å². The van der Waals surface area contributed by atoms with Gasteiger partial charge in [0.05, 0.1) is 0 Å². The summed E-state index contributed by atoms with van der Waals surface area (Å²) >= 11 is 0. The zero-order valence-electron chi connectivity index (χ0n) is 12.6. The van der Waals surface area contributed by atoms with E-state index < -0.39 is 0 Å². The zero-order chi connectivity index (χ0) is 13.0. The highest BCUT2D eigenvalue weighted by Gasteiger charge is 2.31. The van der Waals surface area contributed by atoms with E-state index in [4.69, 9.17) is 0 Å². The average Bonchev–Trinajstić information content (AvgIpc) is 2.85. The molecule has 1 aliphatic carbocycles. The highest BCUT2D eigenvalue weighted by atomic mass is 15.2. The third kappa shape index (κ3) is 3.71. The largest absolute Gasteiger partial charge is 0.313 e. The lowest BCUT2D eigenvalue weighted by Crippen LogP contribution is -2.48. The minimum absolute atomic E-state index is 0.765. The fourth-order valence-electron chi connectivity index (χ4n) is 3.89. The molecule has 4 unspecified atom stereocenters. The van der Waals surface area contributed by atoms with Crippen molar-refractivity contribution in [2.24, 2.45) is 11.8 Å². The first-order chi connectivity index (χ1) is 8.70. The first kappa shape index (κ1) is 14.3. The first-order valence-electron chi connectivity index (χ1n) is 8.18. The summed E-state index contributed by atoms with van der Waals surface area (Å²) in [6.07, 6.45) is 8.36. The summed E-state index contributed by atoms with van der Waals surface area (Å²) in [6, 6.07) is 1.61. The molecule has 106 valence electrons. The molecule has 0 amide bonds. The Kier molecular flexibility index (Phi) is 5.50. The zero-order valence-corrected chi connectivity index (χ0v) is 12.6. The molecule has 0 aromatic heterocycles. The second-order valence-corrected chi connectivity index (χ2v) is 6.75. The maximum atomic E-state index is 3.67. The Morgan fingerprint density at radius 3 is 2.67 bits per heavy atom. The molecule has 2 nitrogen and oxygen atoms in total. The van der Waals surface area contributed by atoms with Crippen molar-refractivity contribution in [3.8, 4) is 0 Å². The number of rotatable bonds is 5. The Bertz CT molecular complexity index is 235. The molecular formula is C16H32N2. The molecule has 0 bridgehead atoms. The molecule has 1 saturated carbocycles. The van der Waals surface area contributed by atoms with Crippen LogP contribution in [0.1, 0.15) is 59.3 Å².